The van der Waals surface area contributed by atoms with Gasteiger partial charge in [0.05, 0.1) is 22.9 Å². The molecule has 1 N–H and O–H groups in total. The maximum absolute atomic E-state index is 13.2. The van der Waals surface area contributed by atoms with E-state index in [1.807, 2.05) is 50.2 Å². The van der Waals surface area contributed by atoms with Gasteiger partial charge in [-0.1, -0.05) is 55.2 Å². The second kappa shape index (κ2) is 13.6. The Hall–Kier alpha value is -1.89. The van der Waals surface area contributed by atoms with Gasteiger partial charge in [-0.2, -0.15) is 0 Å². The number of benzene rings is 2. The minimum Gasteiger partial charge on any atom is -0.497 e. The zero-order valence-corrected chi connectivity index (χ0v) is 21.0. The second-order valence-corrected chi connectivity index (χ2v) is 9.13. The van der Waals surface area contributed by atoms with Gasteiger partial charge in [-0.15, -0.1) is 11.8 Å². The van der Waals surface area contributed by atoms with Crippen molar-refractivity contribution in [3.8, 4) is 5.75 Å². The van der Waals surface area contributed by atoms with Crippen LogP contribution in [-0.2, 0) is 21.9 Å². The van der Waals surface area contributed by atoms with Crippen molar-refractivity contribution in [1.29, 1.82) is 0 Å². The third kappa shape index (κ3) is 7.91. The van der Waals surface area contributed by atoms with E-state index in [1.54, 1.807) is 18.1 Å². The number of rotatable bonds is 12. The molecule has 5 nitrogen and oxygen atoms in total. The van der Waals surface area contributed by atoms with Crippen molar-refractivity contribution < 1.29 is 14.3 Å². The Bertz CT molecular complexity index is 893. The second-order valence-electron chi connectivity index (χ2n) is 7.33. The summed E-state index contributed by atoms with van der Waals surface area (Å²) in [6.45, 7) is 4.87. The summed E-state index contributed by atoms with van der Waals surface area (Å²) >= 11 is 13.5. The van der Waals surface area contributed by atoms with E-state index in [0.29, 0.717) is 35.3 Å². The van der Waals surface area contributed by atoms with E-state index >= 15 is 0 Å². The first-order chi connectivity index (χ1) is 15.4. The van der Waals surface area contributed by atoms with Crippen LogP contribution in [0.2, 0.25) is 10.0 Å². The molecule has 0 aromatic heterocycles. The van der Waals surface area contributed by atoms with Crippen molar-refractivity contribution >= 4 is 46.8 Å². The van der Waals surface area contributed by atoms with Crippen LogP contribution in [0.3, 0.4) is 0 Å². The maximum atomic E-state index is 13.2. The molecule has 2 aromatic carbocycles. The van der Waals surface area contributed by atoms with Crippen LogP contribution in [-0.4, -0.2) is 42.2 Å². The van der Waals surface area contributed by atoms with Gasteiger partial charge in [0.15, 0.2) is 0 Å². The highest BCUT2D eigenvalue weighted by molar-refractivity contribution is 7.99. The van der Waals surface area contributed by atoms with Crippen LogP contribution in [0.5, 0.6) is 5.75 Å². The molecule has 0 radical (unpaired) electrons. The third-order valence-electron chi connectivity index (χ3n) is 4.93. The van der Waals surface area contributed by atoms with Crippen molar-refractivity contribution in [3.63, 3.8) is 0 Å². The fourth-order valence-electron chi connectivity index (χ4n) is 3.18. The number of amides is 2. The lowest BCUT2D eigenvalue weighted by Crippen LogP contribution is -2.49. The molecule has 0 aliphatic rings. The Labute approximate surface area is 204 Å². The summed E-state index contributed by atoms with van der Waals surface area (Å²) in [6, 6.07) is 12.5. The first-order valence-corrected chi connectivity index (χ1v) is 12.5. The molecule has 32 heavy (non-hydrogen) atoms. The molecule has 0 heterocycles. The SMILES string of the molecule is CCCNC(=O)[C@@H](CC)N(Cc1ccc(OC)cc1)C(=O)CSCc1ccc(Cl)c(Cl)c1. The largest absolute Gasteiger partial charge is 0.497 e. The number of nitrogens with one attached hydrogen (secondary N) is 1. The van der Waals surface area contributed by atoms with Crippen LogP contribution in [0.1, 0.15) is 37.8 Å². The summed E-state index contributed by atoms with van der Waals surface area (Å²) in [7, 11) is 1.61. The first kappa shape index (κ1) is 26.4. The molecule has 0 saturated heterocycles. The predicted octanol–water partition coefficient (Wildman–Crippen LogP) is 5.57. The molecule has 0 aliphatic heterocycles. The number of methoxy groups -OCH3 is 1. The predicted molar refractivity (Wildman–Crippen MR) is 134 cm³/mol. The van der Waals surface area contributed by atoms with Crippen molar-refractivity contribution in [2.75, 3.05) is 19.4 Å². The van der Waals surface area contributed by atoms with Crippen LogP contribution < -0.4 is 10.1 Å². The quantitative estimate of drug-likeness (QED) is 0.417. The van der Waals surface area contributed by atoms with Crippen LogP contribution in [0.15, 0.2) is 42.5 Å². The van der Waals surface area contributed by atoms with Gasteiger partial charge in [-0.05, 0) is 48.2 Å². The summed E-state index contributed by atoms with van der Waals surface area (Å²) in [6.07, 6.45) is 1.38. The molecule has 2 rings (SSSR count). The molecule has 174 valence electrons. The third-order valence-corrected chi connectivity index (χ3v) is 6.65. The molecule has 0 bridgehead atoms. The average Bonchev–Trinajstić information content (AvgIpc) is 2.80. The lowest BCUT2D eigenvalue weighted by molar-refractivity contribution is -0.139. The van der Waals surface area contributed by atoms with Crippen LogP contribution in [0.4, 0.5) is 0 Å². The van der Waals surface area contributed by atoms with Gasteiger partial charge in [0.1, 0.15) is 11.8 Å². The summed E-state index contributed by atoms with van der Waals surface area (Å²) in [5.74, 6) is 1.43. The van der Waals surface area contributed by atoms with Crippen molar-refractivity contribution in [3.05, 3.63) is 63.6 Å². The Kier molecular flexibility index (Phi) is 11.2. The lowest BCUT2D eigenvalue weighted by Gasteiger charge is -2.30. The number of carbonyl (C=O) groups is 2. The topological polar surface area (TPSA) is 58.6 Å². The number of thioether (sulfide) groups is 1. The van der Waals surface area contributed by atoms with E-state index in [0.717, 1.165) is 23.3 Å². The van der Waals surface area contributed by atoms with Gasteiger partial charge >= 0.3 is 0 Å². The lowest BCUT2D eigenvalue weighted by atomic mass is 10.1. The minimum atomic E-state index is -0.526. The molecule has 1 atom stereocenters. The van der Waals surface area contributed by atoms with Gasteiger partial charge in [-0.3, -0.25) is 9.59 Å². The molecule has 2 amide bonds. The molecular weight excluding hydrogens is 467 g/mol. The van der Waals surface area contributed by atoms with Crippen molar-refractivity contribution in [1.82, 2.24) is 10.2 Å². The van der Waals surface area contributed by atoms with Gasteiger partial charge in [-0.25, -0.2) is 0 Å². The monoisotopic (exact) mass is 496 g/mol. The Morgan fingerprint density at radius 2 is 1.75 bits per heavy atom. The normalized spacial score (nSPS) is 11.7. The zero-order chi connectivity index (χ0) is 23.5. The van der Waals surface area contributed by atoms with Crippen LogP contribution in [0, 0.1) is 0 Å². The van der Waals surface area contributed by atoms with E-state index < -0.39 is 6.04 Å². The van der Waals surface area contributed by atoms with E-state index in [9.17, 15) is 9.59 Å². The van der Waals surface area contributed by atoms with E-state index in [4.69, 9.17) is 27.9 Å². The van der Waals surface area contributed by atoms with Gasteiger partial charge in [0.2, 0.25) is 11.8 Å². The molecular formula is C24H30Cl2N2O3S. The number of hydrogen-bond donors (Lipinski definition) is 1. The molecule has 0 spiro atoms. The zero-order valence-electron chi connectivity index (χ0n) is 18.7. The van der Waals surface area contributed by atoms with Crippen LogP contribution >= 0.6 is 35.0 Å². The number of carbonyl (C=O) groups excluding carboxylic acids is 2. The van der Waals surface area contributed by atoms with Gasteiger partial charge in [0, 0.05) is 18.8 Å². The molecule has 0 unspecified atom stereocenters. The summed E-state index contributed by atoms with van der Waals surface area (Å²) in [5.41, 5.74) is 1.93. The Morgan fingerprint density at radius 1 is 1.06 bits per heavy atom. The highest BCUT2D eigenvalue weighted by Crippen LogP contribution is 2.25. The Morgan fingerprint density at radius 3 is 2.34 bits per heavy atom. The van der Waals surface area contributed by atoms with Crippen molar-refractivity contribution in [2.45, 2.75) is 45.0 Å². The van der Waals surface area contributed by atoms with Crippen molar-refractivity contribution in [2.24, 2.45) is 0 Å². The average molecular weight is 497 g/mol. The smallest absolute Gasteiger partial charge is 0.242 e. The fraction of sp³-hybridized carbons (Fsp3) is 0.417. The number of ether oxygens (including phenoxy) is 1. The number of hydrogen-bond acceptors (Lipinski definition) is 4. The summed E-state index contributed by atoms with van der Waals surface area (Å²) < 4.78 is 5.22. The van der Waals surface area contributed by atoms with E-state index in [-0.39, 0.29) is 17.6 Å². The standard InChI is InChI=1S/C24H30Cl2N2O3S/c1-4-12-27-24(30)22(5-2)28(14-17-6-9-19(31-3)10-7-17)23(29)16-32-15-18-8-11-20(25)21(26)13-18/h6-11,13,22H,4-5,12,14-16H2,1-3H3,(H,27,30)/t22-/m1/s1. The Balaban J connectivity index is 2.12. The van der Waals surface area contributed by atoms with E-state index in [1.165, 1.54) is 11.8 Å². The molecule has 2 aromatic rings. The summed E-state index contributed by atoms with van der Waals surface area (Å²) in [5, 5.41) is 3.93. The van der Waals surface area contributed by atoms with Gasteiger partial charge < -0.3 is 15.0 Å². The highest BCUT2D eigenvalue weighted by Gasteiger charge is 2.28. The maximum Gasteiger partial charge on any atom is 0.242 e. The first-order valence-electron chi connectivity index (χ1n) is 10.6. The minimum absolute atomic E-state index is 0.0793. The highest BCUT2D eigenvalue weighted by atomic mass is 35.5. The molecule has 0 aliphatic carbocycles. The summed E-state index contributed by atoms with van der Waals surface area (Å²) in [4.78, 5) is 27.7. The van der Waals surface area contributed by atoms with E-state index in [2.05, 4.69) is 5.32 Å². The number of nitrogens with zero attached hydrogens (tertiary/aromatic N) is 1. The molecule has 8 heteroatoms. The number of halogens is 2. The van der Waals surface area contributed by atoms with Crippen LogP contribution in [0.25, 0.3) is 0 Å². The van der Waals surface area contributed by atoms with Gasteiger partial charge in [0.25, 0.3) is 0 Å². The molecule has 0 fully saturated rings. The molecule has 0 saturated carbocycles. The fourth-order valence-corrected chi connectivity index (χ4v) is 4.36.